The molecule has 1 aromatic heterocycles. The van der Waals surface area contributed by atoms with Crippen molar-refractivity contribution in [2.45, 2.75) is 31.7 Å². The second-order valence-electron chi connectivity index (χ2n) is 6.54. The van der Waals surface area contributed by atoms with Crippen LogP contribution in [0.2, 0.25) is 5.02 Å². The third kappa shape index (κ3) is 4.99. The lowest BCUT2D eigenvalue weighted by Gasteiger charge is -2.14. The molecule has 1 heterocycles. The fraction of sp³-hybridized carbons (Fsp3) is 0.200. The molecule has 0 aliphatic heterocycles. The molecule has 30 heavy (non-hydrogen) atoms. The lowest BCUT2D eigenvalue weighted by Crippen LogP contribution is -2.41. The van der Waals surface area contributed by atoms with Gasteiger partial charge in [0.2, 0.25) is 15.9 Å². The van der Waals surface area contributed by atoms with Gasteiger partial charge in [0.1, 0.15) is 22.1 Å². The molecule has 2 aromatic carbocycles. The van der Waals surface area contributed by atoms with E-state index in [2.05, 4.69) is 15.2 Å². The predicted molar refractivity (Wildman–Crippen MR) is 112 cm³/mol. The number of nitrogens with one attached hydrogen (secondary N) is 2. The van der Waals surface area contributed by atoms with E-state index in [0.717, 1.165) is 0 Å². The lowest BCUT2D eigenvalue weighted by atomic mass is 10.2. The quantitative estimate of drug-likeness (QED) is 0.563. The molecule has 3 rings (SSSR count). The van der Waals surface area contributed by atoms with Gasteiger partial charge in [0.25, 0.3) is 0 Å². The number of aryl methyl sites for hydroxylation is 2. The number of sulfonamides is 1. The van der Waals surface area contributed by atoms with E-state index in [1.54, 1.807) is 48.5 Å². The number of halogens is 1. The first kappa shape index (κ1) is 21.8. The van der Waals surface area contributed by atoms with Crippen LogP contribution in [0.4, 0.5) is 5.69 Å². The Bertz CT molecular complexity index is 1140. The molecule has 0 spiro atoms. The number of anilines is 1. The van der Waals surface area contributed by atoms with Crippen LogP contribution in [0.25, 0.3) is 0 Å². The number of para-hydroxylation sites is 1. The summed E-state index contributed by atoms with van der Waals surface area (Å²) >= 11 is 6.07. The molecular formula is C20H20ClN3O5S. The molecule has 158 valence electrons. The molecule has 0 unspecified atom stereocenters. The van der Waals surface area contributed by atoms with Gasteiger partial charge >= 0.3 is 0 Å². The molecule has 0 aliphatic carbocycles. The molecule has 0 fully saturated rings. The van der Waals surface area contributed by atoms with Crippen molar-refractivity contribution in [3.63, 3.8) is 0 Å². The number of carbonyl (C=O) groups is 1. The van der Waals surface area contributed by atoms with E-state index < -0.39 is 22.0 Å². The third-order valence-corrected chi connectivity index (χ3v) is 6.24. The van der Waals surface area contributed by atoms with Crippen LogP contribution in [0.5, 0.6) is 11.5 Å². The van der Waals surface area contributed by atoms with E-state index in [1.807, 2.05) is 0 Å². The zero-order valence-corrected chi connectivity index (χ0v) is 18.0. The van der Waals surface area contributed by atoms with E-state index in [0.29, 0.717) is 22.2 Å². The number of hydrogen-bond acceptors (Lipinski definition) is 6. The molecule has 10 heteroatoms. The fourth-order valence-corrected chi connectivity index (χ4v) is 4.42. The molecule has 1 amide bonds. The molecule has 8 nitrogen and oxygen atoms in total. The SMILES string of the molecule is Cc1noc(C)c1S(=O)(=O)N[C@@H](C)C(=O)Nc1ccc(Oc2ccccc2Cl)cc1. The predicted octanol–water partition coefficient (Wildman–Crippen LogP) is 4.04. The highest BCUT2D eigenvalue weighted by atomic mass is 35.5. The lowest BCUT2D eigenvalue weighted by molar-refractivity contribution is -0.117. The van der Waals surface area contributed by atoms with Crippen molar-refractivity contribution in [3.8, 4) is 11.5 Å². The van der Waals surface area contributed by atoms with Gasteiger partial charge < -0.3 is 14.6 Å². The van der Waals surface area contributed by atoms with Crippen LogP contribution < -0.4 is 14.8 Å². The normalized spacial score (nSPS) is 12.4. The fourth-order valence-electron chi connectivity index (χ4n) is 2.71. The average Bonchev–Trinajstić information content (AvgIpc) is 3.04. The second kappa shape index (κ2) is 8.86. The first-order chi connectivity index (χ1) is 14.2. The van der Waals surface area contributed by atoms with Crippen LogP contribution in [-0.4, -0.2) is 25.5 Å². The Balaban J connectivity index is 1.63. The Labute approximate surface area is 179 Å². The zero-order chi connectivity index (χ0) is 21.9. The summed E-state index contributed by atoms with van der Waals surface area (Å²) in [5.41, 5.74) is 0.705. The summed E-state index contributed by atoms with van der Waals surface area (Å²) in [5.74, 6) is 0.679. The van der Waals surface area contributed by atoms with Crippen molar-refractivity contribution in [1.82, 2.24) is 9.88 Å². The Morgan fingerprint density at radius 2 is 1.80 bits per heavy atom. The van der Waals surface area contributed by atoms with Crippen molar-refractivity contribution in [2.75, 3.05) is 5.32 Å². The van der Waals surface area contributed by atoms with Crippen molar-refractivity contribution < 1.29 is 22.5 Å². The molecule has 2 N–H and O–H groups in total. The highest BCUT2D eigenvalue weighted by Crippen LogP contribution is 2.29. The highest BCUT2D eigenvalue weighted by molar-refractivity contribution is 7.89. The molecule has 3 aromatic rings. The number of amides is 1. The summed E-state index contributed by atoms with van der Waals surface area (Å²) in [6.45, 7) is 4.45. The average molecular weight is 450 g/mol. The van der Waals surface area contributed by atoms with Gasteiger partial charge in [-0.2, -0.15) is 4.72 Å². The smallest absolute Gasteiger partial charge is 0.246 e. The molecule has 0 radical (unpaired) electrons. The maximum atomic E-state index is 12.5. The van der Waals surface area contributed by atoms with Crippen LogP contribution in [0.1, 0.15) is 18.4 Å². The molecular weight excluding hydrogens is 430 g/mol. The number of hydrogen-bond donors (Lipinski definition) is 2. The number of benzene rings is 2. The molecule has 0 bridgehead atoms. The van der Waals surface area contributed by atoms with Crippen LogP contribution >= 0.6 is 11.6 Å². The van der Waals surface area contributed by atoms with Crippen molar-refractivity contribution >= 4 is 33.2 Å². The second-order valence-corrected chi connectivity index (χ2v) is 8.60. The number of carbonyl (C=O) groups excluding carboxylic acids is 1. The number of nitrogens with zero attached hydrogens (tertiary/aromatic N) is 1. The van der Waals surface area contributed by atoms with Crippen LogP contribution in [0.3, 0.4) is 0 Å². The number of aromatic nitrogens is 1. The Kier molecular flexibility index (Phi) is 6.45. The van der Waals surface area contributed by atoms with Crippen molar-refractivity contribution in [1.29, 1.82) is 0 Å². The van der Waals surface area contributed by atoms with E-state index >= 15 is 0 Å². The van der Waals surface area contributed by atoms with Gasteiger partial charge in [0.15, 0.2) is 5.76 Å². The maximum Gasteiger partial charge on any atom is 0.246 e. The molecule has 0 saturated heterocycles. The summed E-state index contributed by atoms with van der Waals surface area (Å²) in [6.07, 6.45) is 0. The summed E-state index contributed by atoms with van der Waals surface area (Å²) < 4.78 is 38.0. The first-order valence-electron chi connectivity index (χ1n) is 8.96. The third-order valence-electron chi connectivity index (χ3n) is 4.15. The maximum absolute atomic E-state index is 12.5. The minimum atomic E-state index is -3.96. The van der Waals surface area contributed by atoms with Gasteiger partial charge in [-0.25, -0.2) is 8.42 Å². The largest absolute Gasteiger partial charge is 0.456 e. The van der Waals surface area contributed by atoms with Gasteiger partial charge in [-0.05, 0) is 57.2 Å². The summed E-state index contributed by atoms with van der Waals surface area (Å²) in [7, 11) is -3.96. The Hall–Kier alpha value is -2.88. The van der Waals surface area contributed by atoms with Gasteiger partial charge in [0, 0.05) is 5.69 Å². The standard InChI is InChI=1S/C20H20ClN3O5S/c1-12-19(14(3)29-23-12)30(26,27)24-13(2)20(25)22-15-8-10-16(11-9-15)28-18-7-5-4-6-17(18)21/h4-11,13,24H,1-3H3,(H,22,25)/t13-/m0/s1. The summed E-state index contributed by atoms with van der Waals surface area (Å²) in [5, 5.41) is 6.77. The molecule has 0 aliphatic rings. The summed E-state index contributed by atoms with van der Waals surface area (Å²) in [6, 6.07) is 12.6. The zero-order valence-electron chi connectivity index (χ0n) is 16.5. The van der Waals surface area contributed by atoms with Gasteiger partial charge in [-0.15, -0.1) is 0 Å². The van der Waals surface area contributed by atoms with E-state index in [-0.39, 0.29) is 16.3 Å². The minimum absolute atomic E-state index is 0.0665. The van der Waals surface area contributed by atoms with Gasteiger partial charge in [0.05, 0.1) is 11.1 Å². The van der Waals surface area contributed by atoms with Crippen LogP contribution in [-0.2, 0) is 14.8 Å². The Morgan fingerprint density at radius 3 is 2.40 bits per heavy atom. The van der Waals surface area contributed by atoms with Crippen molar-refractivity contribution in [2.24, 2.45) is 0 Å². The Morgan fingerprint density at radius 1 is 1.13 bits per heavy atom. The van der Waals surface area contributed by atoms with E-state index in [4.69, 9.17) is 20.9 Å². The molecule has 0 saturated carbocycles. The highest BCUT2D eigenvalue weighted by Gasteiger charge is 2.28. The van der Waals surface area contributed by atoms with Crippen LogP contribution in [0.15, 0.2) is 57.9 Å². The van der Waals surface area contributed by atoms with E-state index in [1.165, 1.54) is 20.8 Å². The van der Waals surface area contributed by atoms with Crippen molar-refractivity contribution in [3.05, 3.63) is 65.0 Å². The minimum Gasteiger partial charge on any atom is -0.456 e. The topological polar surface area (TPSA) is 111 Å². The number of rotatable bonds is 7. The molecule has 1 atom stereocenters. The summed E-state index contributed by atoms with van der Waals surface area (Å²) in [4.78, 5) is 12.4. The number of ether oxygens (including phenoxy) is 1. The van der Waals surface area contributed by atoms with Crippen LogP contribution in [0, 0.1) is 13.8 Å². The van der Waals surface area contributed by atoms with E-state index in [9.17, 15) is 13.2 Å². The van der Waals surface area contributed by atoms with Gasteiger partial charge in [-0.1, -0.05) is 28.9 Å². The van der Waals surface area contributed by atoms with Gasteiger partial charge in [-0.3, -0.25) is 4.79 Å². The monoisotopic (exact) mass is 449 g/mol. The first-order valence-corrected chi connectivity index (χ1v) is 10.8.